The van der Waals surface area contributed by atoms with Gasteiger partial charge in [0.2, 0.25) is 0 Å². The third-order valence-corrected chi connectivity index (χ3v) is 4.61. The van der Waals surface area contributed by atoms with E-state index in [2.05, 4.69) is 0 Å². The first-order chi connectivity index (χ1) is 12.0. The number of nitrogens with zero attached hydrogens (tertiary/aromatic N) is 2. The average molecular weight is 340 g/mol. The van der Waals surface area contributed by atoms with Crippen LogP contribution >= 0.6 is 0 Å². The van der Waals surface area contributed by atoms with Gasteiger partial charge in [0.15, 0.2) is 0 Å². The summed E-state index contributed by atoms with van der Waals surface area (Å²) in [6.07, 6.45) is 2.13. The number of nitro groups is 1. The minimum Gasteiger partial charge on any atom is -0.497 e. The highest BCUT2D eigenvalue weighted by Gasteiger charge is 2.37. The molecule has 0 aromatic heterocycles. The van der Waals surface area contributed by atoms with Gasteiger partial charge < -0.3 is 9.64 Å². The van der Waals surface area contributed by atoms with Gasteiger partial charge in [0.25, 0.3) is 11.6 Å². The lowest BCUT2D eigenvalue weighted by atomic mass is 10.1. The molecule has 1 saturated carbocycles. The molecule has 0 aliphatic heterocycles. The number of rotatable bonds is 6. The van der Waals surface area contributed by atoms with Gasteiger partial charge in [-0.15, -0.1) is 0 Å². The molecule has 2 aromatic carbocycles. The summed E-state index contributed by atoms with van der Waals surface area (Å²) in [7, 11) is 1.58. The number of nitro benzene ring substituents is 1. The smallest absolute Gasteiger partial charge is 0.282 e. The van der Waals surface area contributed by atoms with E-state index in [0.29, 0.717) is 17.4 Å². The van der Waals surface area contributed by atoms with Gasteiger partial charge in [0, 0.05) is 17.8 Å². The molecule has 0 unspecified atom stereocenters. The van der Waals surface area contributed by atoms with Crippen molar-refractivity contribution in [2.24, 2.45) is 5.92 Å². The summed E-state index contributed by atoms with van der Waals surface area (Å²) in [4.78, 5) is 25.6. The zero-order chi connectivity index (χ0) is 18.0. The minimum atomic E-state index is -0.513. The molecule has 1 aliphatic carbocycles. The van der Waals surface area contributed by atoms with Crippen LogP contribution in [0.4, 0.5) is 11.4 Å². The average Bonchev–Trinajstić information content (AvgIpc) is 3.47. The van der Waals surface area contributed by atoms with Crippen molar-refractivity contribution in [3.05, 3.63) is 64.2 Å². The highest BCUT2D eigenvalue weighted by molar-refractivity contribution is 6.09. The lowest BCUT2D eigenvalue weighted by Gasteiger charge is -2.29. The number of hydrogen-bond donors (Lipinski definition) is 0. The van der Waals surface area contributed by atoms with E-state index < -0.39 is 4.92 Å². The molecule has 25 heavy (non-hydrogen) atoms. The number of ether oxygens (including phenoxy) is 1. The summed E-state index contributed by atoms with van der Waals surface area (Å²) in [5.74, 6) is 0.770. The van der Waals surface area contributed by atoms with Gasteiger partial charge in [-0.2, -0.15) is 0 Å². The number of para-hydroxylation sites is 1. The lowest BCUT2D eigenvalue weighted by Crippen LogP contribution is -2.40. The second-order valence-corrected chi connectivity index (χ2v) is 6.23. The molecule has 1 atom stereocenters. The van der Waals surface area contributed by atoms with E-state index in [0.717, 1.165) is 12.8 Å². The summed E-state index contributed by atoms with van der Waals surface area (Å²) in [6, 6.07) is 13.3. The summed E-state index contributed by atoms with van der Waals surface area (Å²) in [5.41, 5.74) is 0.646. The monoisotopic (exact) mass is 340 g/mol. The maximum absolute atomic E-state index is 13.2. The van der Waals surface area contributed by atoms with Crippen LogP contribution in [0.3, 0.4) is 0 Å². The van der Waals surface area contributed by atoms with Gasteiger partial charge in [0.05, 0.1) is 12.0 Å². The molecular weight excluding hydrogens is 320 g/mol. The Labute approximate surface area is 146 Å². The van der Waals surface area contributed by atoms with Crippen LogP contribution in [0.1, 0.15) is 30.1 Å². The summed E-state index contributed by atoms with van der Waals surface area (Å²) >= 11 is 0. The SMILES string of the molecule is COc1ccc(N(C(=O)c2ccccc2[N+](=O)[O-])[C@H](C)C2CC2)cc1. The zero-order valence-electron chi connectivity index (χ0n) is 14.2. The van der Waals surface area contributed by atoms with Crippen molar-refractivity contribution in [2.45, 2.75) is 25.8 Å². The fourth-order valence-corrected chi connectivity index (χ4v) is 3.01. The van der Waals surface area contributed by atoms with E-state index in [1.165, 1.54) is 12.1 Å². The molecule has 0 spiro atoms. The second-order valence-electron chi connectivity index (χ2n) is 6.23. The zero-order valence-corrected chi connectivity index (χ0v) is 14.2. The highest BCUT2D eigenvalue weighted by Crippen LogP contribution is 2.38. The maximum atomic E-state index is 13.2. The Kier molecular flexibility index (Phi) is 4.70. The summed E-state index contributed by atoms with van der Waals surface area (Å²) in [6.45, 7) is 1.99. The van der Waals surface area contributed by atoms with E-state index in [-0.39, 0.29) is 23.2 Å². The van der Waals surface area contributed by atoms with Crippen LogP contribution in [0.5, 0.6) is 5.75 Å². The quantitative estimate of drug-likeness (QED) is 0.587. The molecule has 0 N–H and O–H groups in total. The van der Waals surface area contributed by atoms with Crippen molar-refractivity contribution >= 4 is 17.3 Å². The van der Waals surface area contributed by atoms with E-state index >= 15 is 0 Å². The van der Waals surface area contributed by atoms with Gasteiger partial charge in [-0.1, -0.05) is 12.1 Å². The molecule has 3 rings (SSSR count). The molecule has 1 aliphatic rings. The molecule has 6 nitrogen and oxygen atoms in total. The summed E-state index contributed by atoms with van der Waals surface area (Å²) in [5, 5.41) is 11.3. The lowest BCUT2D eigenvalue weighted by molar-refractivity contribution is -0.385. The molecule has 2 aromatic rings. The maximum Gasteiger partial charge on any atom is 0.282 e. The number of amides is 1. The van der Waals surface area contributed by atoms with Crippen molar-refractivity contribution in [1.82, 2.24) is 0 Å². The fraction of sp³-hybridized carbons (Fsp3) is 0.316. The molecule has 1 amide bonds. The minimum absolute atomic E-state index is 0.0271. The highest BCUT2D eigenvalue weighted by atomic mass is 16.6. The van der Waals surface area contributed by atoms with E-state index in [4.69, 9.17) is 4.74 Å². The van der Waals surface area contributed by atoms with E-state index in [9.17, 15) is 14.9 Å². The first-order valence-electron chi connectivity index (χ1n) is 8.24. The molecule has 6 heteroatoms. The van der Waals surface area contributed by atoms with Gasteiger partial charge in [0.1, 0.15) is 11.3 Å². The van der Waals surface area contributed by atoms with Gasteiger partial charge >= 0.3 is 0 Å². The Hall–Kier alpha value is -2.89. The van der Waals surface area contributed by atoms with Crippen molar-refractivity contribution in [3.8, 4) is 5.75 Å². The molecule has 130 valence electrons. The molecule has 0 bridgehead atoms. The van der Waals surface area contributed by atoms with Crippen LogP contribution in [0.2, 0.25) is 0 Å². The van der Waals surface area contributed by atoms with Crippen molar-refractivity contribution < 1.29 is 14.5 Å². The summed E-state index contributed by atoms with van der Waals surface area (Å²) < 4.78 is 5.17. The largest absolute Gasteiger partial charge is 0.497 e. The van der Waals surface area contributed by atoms with Crippen LogP contribution in [0, 0.1) is 16.0 Å². The van der Waals surface area contributed by atoms with Gasteiger partial charge in [-0.25, -0.2) is 0 Å². The first-order valence-corrected chi connectivity index (χ1v) is 8.24. The van der Waals surface area contributed by atoms with Gasteiger partial charge in [-0.3, -0.25) is 14.9 Å². The Morgan fingerprint density at radius 1 is 1.20 bits per heavy atom. The molecule has 0 saturated heterocycles. The normalized spacial score (nSPS) is 14.6. The van der Waals surface area contributed by atoms with E-state index in [1.54, 1.807) is 36.3 Å². The van der Waals surface area contributed by atoms with Crippen LogP contribution in [-0.2, 0) is 0 Å². The number of carbonyl (C=O) groups is 1. The Morgan fingerprint density at radius 2 is 1.84 bits per heavy atom. The predicted molar refractivity (Wildman–Crippen MR) is 95.1 cm³/mol. The number of carbonyl (C=O) groups excluding carboxylic acids is 1. The van der Waals surface area contributed by atoms with Crippen LogP contribution in [-0.4, -0.2) is 24.0 Å². The molecule has 1 fully saturated rings. The van der Waals surface area contributed by atoms with Crippen molar-refractivity contribution in [3.63, 3.8) is 0 Å². The molecule has 0 radical (unpaired) electrons. The first kappa shape index (κ1) is 17.0. The Balaban J connectivity index is 2.02. The predicted octanol–water partition coefficient (Wildman–Crippen LogP) is 4.05. The Morgan fingerprint density at radius 3 is 2.40 bits per heavy atom. The number of methoxy groups -OCH3 is 1. The number of benzene rings is 2. The van der Waals surface area contributed by atoms with Crippen molar-refractivity contribution in [2.75, 3.05) is 12.0 Å². The van der Waals surface area contributed by atoms with Crippen LogP contribution in [0.25, 0.3) is 0 Å². The second kappa shape index (κ2) is 6.93. The third-order valence-electron chi connectivity index (χ3n) is 4.61. The topological polar surface area (TPSA) is 72.7 Å². The molecular formula is C19H20N2O4. The third kappa shape index (κ3) is 3.47. The number of anilines is 1. The Bertz CT molecular complexity index is 784. The fourth-order valence-electron chi connectivity index (χ4n) is 3.01. The van der Waals surface area contributed by atoms with Gasteiger partial charge in [-0.05, 0) is 56.0 Å². The van der Waals surface area contributed by atoms with Crippen molar-refractivity contribution in [1.29, 1.82) is 0 Å². The molecule has 0 heterocycles. The van der Waals surface area contributed by atoms with Crippen LogP contribution in [0.15, 0.2) is 48.5 Å². The van der Waals surface area contributed by atoms with E-state index in [1.807, 2.05) is 19.1 Å². The van der Waals surface area contributed by atoms with Crippen LogP contribution < -0.4 is 9.64 Å². The standard InChI is InChI=1S/C19H20N2O4/c1-13(14-7-8-14)20(15-9-11-16(25-2)12-10-15)19(22)17-5-3-4-6-18(17)21(23)24/h3-6,9-14H,7-8H2,1-2H3/t13-/m1/s1. The number of hydrogen-bond acceptors (Lipinski definition) is 4.